The molecule has 20 heavy (non-hydrogen) atoms. The van der Waals surface area contributed by atoms with Gasteiger partial charge in [0.2, 0.25) is 10.0 Å². The zero-order chi connectivity index (χ0) is 14.4. The van der Waals surface area contributed by atoms with Crippen LogP contribution in [0.25, 0.3) is 0 Å². The Morgan fingerprint density at radius 1 is 1.35 bits per heavy atom. The van der Waals surface area contributed by atoms with Gasteiger partial charge in [0.15, 0.2) is 0 Å². The molecule has 0 aliphatic carbocycles. The number of hydrogen-bond donors (Lipinski definition) is 1. The number of rotatable bonds is 6. The van der Waals surface area contributed by atoms with Crippen LogP contribution in [0.3, 0.4) is 0 Å². The van der Waals surface area contributed by atoms with Gasteiger partial charge in [0.05, 0.1) is 22.4 Å². The molecule has 0 spiro atoms. The van der Waals surface area contributed by atoms with Gasteiger partial charge in [-0.15, -0.1) is 11.3 Å². The van der Waals surface area contributed by atoms with Gasteiger partial charge >= 0.3 is 0 Å². The van der Waals surface area contributed by atoms with Crippen molar-refractivity contribution in [3.05, 3.63) is 52.0 Å². The maximum absolute atomic E-state index is 12.0. The van der Waals surface area contributed by atoms with Crippen LogP contribution in [0.4, 0.5) is 0 Å². The minimum atomic E-state index is -3.44. The molecule has 7 heteroatoms. The summed E-state index contributed by atoms with van der Waals surface area (Å²) in [5, 5.41) is 11.7. The fourth-order valence-electron chi connectivity index (χ4n) is 1.70. The summed E-state index contributed by atoms with van der Waals surface area (Å²) < 4.78 is 26.4. The van der Waals surface area contributed by atoms with Crippen LogP contribution in [-0.2, 0) is 22.2 Å². The van der Waals surface area contributed by atoms with Gasteiger partial charge in [0.25, 0.3) is 0 Å². The fraction of sp³-hybridized carbons (Fsp3) is 0.231. The third-order valence-electron chi connectivity index (χ3n) is 2.63. The average molecular weight is 307 g/mol. The molecule has 0 fully saturated rings. The molecule has 5 nitrogen and oxygen atoms in total. The molecular weight excluding hydrogens is 294 g/mol. The number of nitriles is 1. The lowest BCUT2D eigenvalue weighted by atomic mass is 10.1. The predicted molar refractivity (Wildman–Crippen MR) is 77.6 cm³/mol. The van der Waals surface area contributed by atoms with E-state index in [0.29, 0.717) is 24.1 Å². The first-order chi connectivity index (χ1) is 9.61. The third kappa shape index (κ3) is 4.13. The summed E-state index contributed by atoms with van der Waals surface area (Å²) in [6, 6.07) is 8.70. The molecule has 104 valence electrons. The van der Waals surface area contributed by atoms with Crippen molar-refractivity contribution >= 4 is 21.4 Å². The van der Waals surface area contributed by atoms with E-state index in [1.54, 1.807) is 30.5 Å². The summed E-state index contributed by atoms with van der Waals surface area (Å²) >= 11 is 1.49. The first-order valence-corrected chi connectivity index (χ1v) is 8.47. The fourth-order valence-corrected chi connectivity index (χ4v) is 3.50. The normalized spacial score (nSPS) is 11.2. The highest BCUT2D eigenvalue weighted by molar-refractivity contribution is 7.88. The second-order valence-electron chi connectivity index (χ2n) is 4.10. The van der Waals surface area contributed by atoms with Gasteiger partial charge < -0.3 is 0 Å². The van der Waals surface area contributed by atoms with Crippen LogP contribution in [0.2, 0.25) is 0 Å². The number of hydrogen-bond acceptors (Lipinski definition) is 5. The van der Waals surface area contributed by atoms with Gasteiger partial charge in [-0.2, -0.15) is 5.26 Å². The molecule has 0 saturated carbocycles. The second-order valence-corrected chi connectivity index (χ2v) is 6.88. The molecule has 0 aliphatic heterocycles. The highest BCUT2D eigenvalue weighted by atomic mass is 32.2. The number of nitrogens with one attached hydrogen (secondary N) is 1. The Labute approximate surface area is 122 Å². The average Bonchev–Trinajstić information content (AvgIpc) is 2.92. The van der Waals surface area contributed by atoms with Gasteiger partial charge in [-0.3, -0.25) is 0 Å². The van der Waals surface area contributed by atoms with Crippen molar-refractivity contribution in [1.29, 1.82) is 5.26 Å². The molecule has 0 bridgehead atoms. The number of benzene rings is 1. The summed E-state index contributed by atoms with van der Waals surface area (Å²) in [6.07, 6.45) is 2.26. The van der Waals surface area contributed by atoms with Gasteiger partial charge in [-0.05, 0) is 11.6 Å². The van der Waals surface area contributed by atoms with Crippen LogP contribution >= 0.6 is 11.3 Å². The van der Waals surface area contributed by atoms with Gasteiger partial charge in [0.1, 0.15) is 0 Å². The molecule has 2 aromatic rings. The molecule has 0 aliphatic rings. The van der Waals surface area contributed by atoms with Crippen molar-refractivity contribution in [2.45, 2.75) is 12.2 Å². The van der Waals surface area contributed by atoms with Crippen molar-refractivity contribution in [1.82, 2.24) is 9.71 Å². The SMILES string of the molecule is N#Cc1ccccc1CS(=O)(=O)NCCc1nccs1. The maximum Gasteiger partial charge on any atom is 0.215 e. The minimum absolute atomic E-state index is 0.186. The summed E-state index contributed by atoms with van der Waals surface area (Å²) in [5.41, 5.74) is 0.898. The van der Waals surface area contributed by atoms with Crippen molar-refractivity contribution in [2.24, 2.45) is 0 Å². The number of sulfonamides is 1. The smallest absolute Gasteiger partial charge is 0.215 e. The quantitative estimate of drug-likeness (QED) is 0.880. The Hall–Kier alpha value is -1.75. The highest BCUT2D eigenvalue weighted by Gasteiger charge is 2.13. The first-order valence-electron chi connectivity index (χ1n) is 5.94. The van der Waals surface area contributed by atoms with Crippen LogP contribution in [0.5, 0.6) is 0 Å². The van der Waals surface area contributed by atoms with Crippen molar-refractivity contribution < 1.29 is 8.42 Å². The monoisotopic (exact) mass is 307 g/mol. The lowest BCUT2D eigenvalue weighted by Crippen LogP contribution is -2.27. The van der Waals surface area contributed by atoms with Crippen LogP contribution < -0.4 is 4.72 Å². The molecule has 0 unspecified atom stereocenters. The van der Waals surface area contributed by atoms with E-state index in [4.69, 9.17) is 5.26 Å². The van der Waals surface area contributed by atoms with E-state index in [1.165, 1.54) is 11.3 Å². The summed E-state index contributed by atoms with van der Waals surface area (Å²) in [4.78, 5) is 4.09. The van der Waals surface area contributed by atoms with E-state index in [2.05, 4.69) is 9.71 Å². The number of aromatic nitrogens is 1. The lowest BCUT2D eigenvalue weighted by Gasteiger charge is -2.07. The lowest BCUT2D eigenvalue weighted by molar-refractivity contribution is 0.580. The van der Waals surface area contributed by atoms with E-state index in [-0.39, 0.29) is 5.75 Å². The molecule has 2 rings (SSSR count). The molecule has 1 aromatic heterocycles. The first kappa shape index (κ1) is 14.7. The highest BCUT2D eigenvalue weighted by Crippen LogP contribution is 2.11. The van der Waals surface area contributed by atoms with Gasteiger partial charge in [-0.1, -0.05) is 18.2 Å². The molecule has 0 atom stereocenters. The van der Waals surface area contributed by atoms with Crippen LogP contribution in [0, 0.1) is 11.3 Å². The van der Waals surface area contributed by atoms with Crippen LogP contribution in [0.1, 0.15) is 16.1 Å². The maximum atomic E-state index is 12.0. The molecular formula is C13H13N3O2S2. The van der Waals surface area contributed by atoms with E-state index in [0.717, 1.165) is 5.01 Å². The zero-order valence-electron chi connectivity index (χ0n) is 10.6. The predicted octanol–water partition coefficient (Wildman–Crippen LogP) is 1.68. The van der Waals surface area contributed by atoms with E-state index < -0.39 is 10.0 Å². The van der Waals surface area contributed by atoms with Crippen molar-refractivity contribution in [3.63, 3.8) is 0 Å². The molecule has 1 aromatic carbocycles. The summed E-state index contributed by atoms with van der Waals surface area (Å²) in [5.74, 6) is -0.186. The van der Waals surface area contributed by atoms with E-state index in [9.17, 15) is 8.42 Å². The summed E-state index contributed by atoms with van der Waals surface area (Å²) in [6.45, 7) is 0.310. The Balaban J connectivity index is 1.95. The van der Waals surface area contributed by atoms with Crippen molar-refractivity contribution in [3.8, 4) is 6.07 Å². The largest absolute Gasteiger partial charge is 0.250 e. The Bertz CT molecular complexity index is 703. The number of thiazole rings is 1. The van der Waals surface area contributed by atoms with Crippen LogP contribution in [0.15, 0.2) is 35.8 Å². The minimum Gasteiger partial charge on any atom is -0.250 e. The van der Waals surface area contributed by atoms with E-state index in [1.807, 2.05) is 11.4 Å². The topological polar surface area (TPSA) is 82.8 Å². The molecule has 0 saturated heterocycles. The third-order valence-corrected chi connectivity index (χ3v) is 4.80. The van der Waals surface area contributed by atoms with Crippen molar-refractivity contribution in [2.75, 3.05) is 6.54 Å². The Kier molecular flexibility index (Phi) is 4.84. The molecule has 1 heterocycles. The molecule has 0 radical (unpaired) electrons. The number of nitrogens with zero attached hydrogens (tertiary/aromatic N) is 2. The molecule has 1 N–H and O–H groups in total. The standard InChI is InChI=1S/C13H13N3O2S2/c14-9-11-3-1-2-4-12(11)10-20(17,18)16-6-5-13-15-7-8-19-13/h1-4,7-8,16H,5-6,10H2. The Morgan fingerprint density at radius 2 is 2.15 bits per heavy atom. The molecule has 0 amide bonds. The Morgan fingerprint density at radius 3 is 2.85 bits per heavy atom. The van der Waals surface area contributed by atoms with Crippen LogP contribution in [-0.4, -0.2) is 19.9 Å². The van der Waals surface area contributed by atoms with E-state index >= 15 is 0 Å². The second kappa shape index (κ2) is 6.61. The van der Waals surface area contributed by atoms with Gasteiger partial charge in [-0.25, -0.2) is 18.1 Å². The zero-order valence-corrected chi connectivity index (χ0v) is 12.2. The van der Waals surface area contributed by atoms with Gasteiger partial charge in [0, 0.05) is 24.5 Å². The summed E-state index contributed by atoms with van der Waals surface area (Å²) in [7, 11) is -3.44.